The van der Waals surface area contributed by atoms with Gasteiger partial charge in [-0.05, 0) is 79.9 Å². The van der Waals surface area contributed by atoms with E-state index in [4.69, 9.17) is 16.3 Å². The number of carbonyl (C=O) groups is 2. The number of hydrogen-bond donors (Lipinski definition) is 2. The Balaban J connectivity index is 1.91. The molecule has 1 amide bonds. The molecular formula is C24H23ClN2O5S. The van der Waals surface area contributed by atoms with Gasteiger partial charge in [-0.15, -0.1) is 0 Å². The molecule has 3 aromatic carbocycles. The summed E-state index contributed by atoms with van der Waals surface area (Å²) in [6, 6.07) is 14.1. The molecule has 3 aromatic rings. The van der Waals surface area contributed by atoms with Gasteiger partial charge in [-0.2, -0.15) is 0 Å². The normalized spacial score (nSPS) is 11.1. The highest BCUT2D eigenvalue weighted by Crippen LogP contribution is 2.27. The summed E-state index contributed by atoms with van der Waals surface area (Å²) in [4.78, 5) is 24.4. The summed E-state index contributed by atoms with van der Waals surface area (Å²) in [5, 5.41) is 2.68. The molecule has 0 aliphatic rings. The number of rotatable bonds is 6. The molecule has 0 atom stereocenters. The van der Waals surface area contributed by atoms with Crippen molar-refractivity contribution < 1.29 is 22.7 Å². The summed E-state index contributed by atoms with van der Waals surface area (Å²) < 4.78 is 33.2. The second-order valence-electron chi connectivity index (χ2n) is 7.60. The summed E-state index contributed by atoms with van der Waals surface area (Å²) in [5.74, 6) is -1.09. The first kappa shape index (κ1) is 24.3. The largest absolute Gasteiger partial charge is 0.465 e. The molecule has 3 rings (SSSR count). The van der Waals surface area contributed by atoms with Gasteiger partial charge in [0.1, 0.15) is 4.90 Å². The third-order valence-electron chi connectivity index (χ3n) is 4.86. The molecule has 0 fully saturated rings. The van der Waals surface area contributed by atoms with Crippen molar-refractivity contribution in [3.8, 4) is 0 Å². The average molecular weight is 487 g/mol. The zero-order chi connectivity index (χ0) is 24.3. The Labute approximate surface area is 197 Å². The SMILES string of the molecule is COC(=O)c1ccc(C)c(NC(=O)c2ccc(Cl)c(S(=O)(=O)Nc3cc(C)cc(C)c3)c2)c1. The number of esters is 1. The number of hydrogen-bond acceptors (Lipinski definition) is 5. The van der Waals surface area contributed by atoms with E-state index < -0.39 is 21.9 Å². The summed E-state index contributed by atoms with van der Waals surface area (Å²) in [5.41, 5.74) is 3.67. The van der Waals surface area contributed by atoms with Crippen molar-refractivity contribution >= 4 is 44.9 Å². The lowest BCUT2D eigenvalue weighted by molar-refractivity contribution is 0.0600. The van der Waals surface area contributed by atoms with Crippen LogP contribution in [-0.4, -0.2) is 27.4 Å². The standard InChI is InChI=1S/C24H23ClN2O5S/c1-14-9-15(2)11-19(10-14)27-33(30,31)22-13-17(7-8-20(22)25)23(28)26-21-12-18(24(29)32-4)6-5-16(21)3/h5-13,27H,1-4H3,(H,26,28). The number of anilines is 2. The quantitative estimate of drug-likeness (QED) is 0.472. The highest BCUT2D eigenvalue weighted by Gasteiger charge is 2.21. The fourth-order valence-electron chi connectivity index (χ4n) is 3.29. The van der Waals surface area contributed by atoms with Gasteiger partial charge < -0.3 is 10.1 Å². The Morgan fingerprint density at radius 1 is 0.879 bits per heavy atom. The van der Waals surface area contributed by atoms with Crippen LogP contribution in [0.1, 0.15) is 37.4 Å². The molecule has 9 heteroatoms. The number of halogens is 1. The van der Waals surface area contributed by atoms with Gasteiger partial charge in [0.15, 0.2) is 0 Å². The molecule has 7 nitrogen and oxygen atoms in total. The van der Waals surface area contributed by atoms with Crippen molar-refractivity contribution in [2.75, 3.05) is 17.1 Å². The van der Waals surface area contributed by atoms with Gasteiger partial charge in [-0.1, -0.05) is 23.7 Å². The Hall–Kier alpha value is -3.36. The van der Waals surface area contributed by atoms with E-state index in [-0.39, 0.29) is 21.0 Å². The van der Waals surface area contributed by atoms with Crippen LogP contribution in [0.25, 0.3) is 0 Å². The van der Waals surface area contributed by atoms with Crippen molar-refractivity contribution in [2.45, 2.75) is 25.7 Å². The first-order valence-electron chi connectivity index (χ1n) is 9.91. The van der Waals surface area contributed by atoms with Crippen LogP contribution in [-0.2, 0) is 14.8 Å². The van der Waals surface area contributed by atoms with Crippen molar-refractivity contribution in [1.82, 2.24) is 0 Å². The lowest BCUT2D eigenvalue weighted by atomic mass is 10.1. The molecule has 0 saturated carbocycles. The molecule has 2 N–H and O–H groups in total. The summed E-state index contributed by atoms with van der Waals surface area (Å²) in [6.07, 6.45) is 0. The summed E-state index contributed by atoms with van der Waals surface area (Å²) >= 11 is 6.17. The Kier molecular flexibility index (Phi) is 7.09. The van der Waals surface area contributed by atoms with E-state index in [0.29, 0.717) is 16.9 Å². The fraction of sp³-hybridized carbons (Fsp3) is 0.167. The van der Waals surface area contributed by atoms with Crippen molar-refractivity contribution in [1.29, 1.82) is 0 Å². The van der Waals surface area contributed by atoms with Gasteiger partial charge in [-0.25, -0.2) is 13.2 Å². The molecule has 0 aliphatic heterocycles. The van der Waals surface area contributed by atoms with Crippen LogP contribution in [0, 0.1) is 20.8 Å². The minimum Gasteiger partial charge on any atom is -0.465 e. The van der Waals surface area contributed by atoms with E-state index >= 15 is 0 Å². The number of carbonyl (C=O) groups excluding carboxylic acids is 2. The van der Waals surface area contributed by atoms with E-state index in [1.165, 1.54) is 31.4 Å². The average Bonchev–Trinajstić information content (AvgIpc) is 2.73. The van der Waals surface area contributed by atoms with Gasteiger partial charge in [0.25, 0.3) is 15.9 Å². The molecule has 0 spiro atoms. The number of aryl methyl sites for hydroxylation is 3. The zero-order valence-corrected chi connectivity index (χ0v) is 20.1. The van der Waals surface area contributed by atoms with E-state index in [2.05, 4.69) is 10.0 Å². The lowest BCUT2D eigenvalue weighted by Gasteiger charge is -2.13. The Bertz CT molecular complexity index is 1330. The maximum absolute atomic E-state index is 13.0. The number of sulfonamides is 1. The van der Waals surface area contributed by atoms with Crippen LogP contribution in [0.4, 0.5) is 11.4 Å². The zero-order valence-electron chi connectivity index (χ0n) is 18.5. The molecule has 172 valence electrons. The van der Waals surface area contributed by atoms with Gasteiger partial charge in [0.2, 0.25) is 0 Å². The van der Waals surface area contributed by atoms with Gasteiger partial charge >= 0.3 is 5.97 Å². The van der Waals surface area contributed by atoms with Crippen molar-refractivity contribution in [2.24, 2.45) is 0 Å². The van der Waals surface area contributed by atoms with Crippen LogP contribution in [0.3, 0.4) is 0 Å². The van der Waals surface area contributed by atoms with E-state index in [0.717, 1.165) is 11.1 Å². The third-order valence-corrected chi connectivity index (χ3v) is 6.73. The molecule has 0 aromatic heterocycles. The second kappa shape index (κ2) is 9.64. The second-order valence-corrected chi connectivity index (χ2v) is 9.66. The van der Waals surface area contributed by atoms with Gasteiger partial charge in [0.05, 0.1) is 17.7 Å². The topological polar surface area (TPSA) is 102 Å². The molecule has 0 heterocycles. The van der Waals surface area contributed by atoms with Crippen molar-refractivity contribution in [3.05, 3.63) is 87.4 Å². The summed E-state index contributed by atoms with van der Waals surface area (Å²) in [6.45, 7) is 5.49. The highest BCUT2D eigenvalue weighted by molar-refractivity contribution is 7.92. The molecule has 0 saturated heterocycles. The Morgan fingerprint density at radius 2 is 1.52 bits per heavy atom. The number of ether oxygens (including phenoxy) is 1. The summed E-state index contributed by atoms with van der Waals surface area (Å²) in [7, 11) is -2.79. The minimum absolute atomic E-state index is 0.0210. The number of nitrogens with one attached hydrogen (secondary N) is 2. The van der Waals surface area contributed by atoms with Gasteiger partial charge in [-0.3, -0.25) is 9.52 Å². The monoisotopic (exact) mass is 486 g/mol. The van der Waals surface area contributed by atoms with Crippen LogP contribution < -0.4 is 10.0 Å². The molecule has 0 aliphatic carbocycles. The Morgan fingerprint density at radius 3 is 2.15 bits per heavy atom. The van der Waals surface area contributed by atoms with Crippen LogP contribution in [0.15, 0.2) is 59.5 Å². The first-order chi connectivity index (χ1) is 15.5. The van der Waals surface area contributed by atoms with Crippen LogP contribution in [0.5, 0.6) is 0 Å². The lowest BCUT2D eigenvalue weighted by Crippen LogP contribution is -2.17. The highest BCUT2D eigenvalue weighted by atomic mass is 35.5. The number of methoxy groups -OCH3 is 1. The third kappa shape index (κ3) is 5.71. The molecule has 0 unspecified atom stereocenters. The maximum Gasteiger partial charge on any atom is 0.337 e. The first-order valence-corrected chi connectivity index (χ1v) is 11.8. The maximum atomic E-state index is 13.0. The van der Waals surface area contributed by atoms with Crippen molar-refractivity contribution in [3.63, 3.8) is 0 Å². The predicted molar refractivity (Wildman–Crippen MR) is 129 cm³/mol. The molecule has 33 heavy (non-hydrogen) atoms. The van der Waals surface area contributed by atoms with Gasteiger partial charge in [0, 0.05) is 16.9 Å². The smallest absolute Gasteiger partial charge is 0.337 e. The van der Waals surface area contributed by atoms with Crippen LogP contribution >= 0.6 is 11.6 Å². The fourth-order valence-corrected chi connectivity index (χ4v) is 4.86. The van der Waals surface area contributed by atoms with Crippen LogP contribution in [0.2, 0.25) is 5.02 Å². The van der Waals surface area contributed by atoms with E-state index in [1.807, 2.05) is 19.9 Å². The minimum atomic E-state index is -4.06. The molecule has 0 bridgehead atoms. The number of amides is 1. The van der Waals surface area contributed by atoms with E-state index in [1.54, 1.807) is 31.2 Å². The number of benzene rings is 3. The molecule has 0 radical (unpaired) electrons. The molecular weight excluding hydrogens is 464 g/mol. The van der Waals surface area contributed by atoms with E-state index in [9.17, 15) is 18.0 Å². The predicted octanol–water partition coefficient (Wildman–Crippen LogP) is 5.10.